The standard InChI is InChI=1S/C10H13N5O4.H2O/c1-2-18-9-5(3-6(11)10(16)17)7(19-15-9)8-12-4-13-14-8;/h4,6H,2-3,11H2,1H3,(H,16,17)(H,12,13,14);1H2. The second-order valence-electron chi connectivity index (χ2n) is 3.71. The van der Waals surface area contributed by atoms with Crippen molar-refractivity contribution < 1.29 is 24.6 Å². The molecule has 1 atom stereocenters. The summed E-state index contributed by atoms with van der Waals surface area (Å²) in [5, 5.41) is 18.9. The average Bonchev–Trinajstić information content (AvgIpc) is 3.00. The Labute approximate surface area is 113 Å². The third kappa shape index (κ3) is 3.10. The maximum absolute atomic E-state index is 10.8. The quantitative estimate of drug-likeness (QED) is 0.605. The van der Waals surface area contributed by atoms with Crippen LogP contribution in [0.25, 0.3) is 11.6 Å². The van der Waals surface area contributed by atoms with Crippen LogP contribution in [0.15, 0.2) is 10.9 Å². The Kier molecular flexibility index (Phi) is 5.17. The van der Waals surface area contributed by atoms with E-state index >= 15 is 0 Å². The molecule has 0 fully saturated rings. The van der Waals surface area contributed by atoms with E-state index in [0.717, 1.165) is 0 Å². The van der Waals surface area contributed by atoms with Crippen LogP contribution in [0, 0.1) is 0 Å². The van der Waals surface area contributed by atoms with Crippen molar-refractivity contribution in [2.75, 3.05) is 6.61 Å². The van der Waals surface area contributed by atoms with Crippen molar-refractivity contribution in [1.29, 1.82) is 0 Å². The van der Waals surface area contributed by atoms with E-state index in [-0.39, 0.29) is 23.5 Å². The lowest BCUT2D eigenvalue weighted by Crippen LogP contribution is -2.32. The minimum atomic E-state index is -1.12. The minimum Gasteiger partial charge on any atom is -0.480 e. The van der Waals surface area contributed by atoms with Gasteiger partial charge in [-0.15, -0.1) is 0 Å². The fraction of sp³-hybridized carbons (Fsp3) is 0.400. The summed E-state index contributed by atoms with van der Waals surface area (Å²) in [5.74, 6) is -0.290. The lowest BCUT2D eigenvalue weighted by molar-refractivity contribution is -0.138. The molecule has 0 saturated heterocycles. The molecule has 10 heteroatoms. The van der Waals surface area contributed by atoms with Crippen LogP contribution < -0.4 is 10.5 Å². The Morgan fingerprint density at radius 2 is 2.40 bits per heavy atom. The van der Waals surface area contributed by atoms with E-state index < -0.39 is 12.0 Å². The number of carboxylic acid groups (broad SMARTS) is 1. The van der Waals surface area contributed by atoms with Gasteiger partial charge in [-0.05, 0) is 12.1 Å². The van der Waals surface area contributed by atoms with Crippen molar-refractivity contribution in [3.05, 3.63) is 11.9 Å². The zero-order valence-electron chi connectivity index (χ0n) is 10.7. The molecule has 2 rings (SSSR count). The highest BCUT2D eigenvalue weighted by molar-refractivity contribution is 5.74. The van der Waals surface area contributed by atoms with Gasteiger partial charge in [0.1, 0.15) is 12.4 Å². The number of ether oxygens (including phenoxy) is 1. The topological polar surface area (TPSA) is 172 Å². The summed E-state index contributed by atoms with van der Waals surface area (Å²) >= 11 is 0. The summed E-state index contributed by atoms with van der Waals surface area (Å²) in [6, 6.07) is -1.08. The number of nitrogens with two attached hydrogens (primary N) is 1. The van der Waals surface area contributed by atoms with Gasteiger partial charge in [0, 0.05) is 6.42 Å². The highest BCUT2D eigenvalue weighted by Crippen LogP contribution is 2.29. The number of aromatic amines is 1. The average molecular weight is 285 g/mol. The molecule has 110 valence electrons. The first kappa shape index (κ1) is 15.6. The molecule has 0 aliphatic rings. The fourth-order valence-corrected chi connectivity index (χ4v) is 1.53. The van der Waals surface area contributed by atoms with E-state index in [9.17, 15) is 4.79 Å². The molecule has 1 unspecified atom stereocenters. The monoisotopic (exact) mass is 285 g/mol. The molecule has 0 bridgehead atoms. The van der Waals surface area contributed by atoms with E-state index in [1.54, 1.807) is 6.92 Å². The van der Waals surface area contributed by atoms with Crippen molar-refractivity contribution in [3.63, 3.8) is 0 Å². The molecule has 20 heavy (non-hydrogen) atoms. The first-order valence-electron chi connectivity index (χ1n) is 5.59. The summed E-state index contributed by atoms with van der Waals surface area (Å²) in [6.07, 6.45) is 1.32. The van der Waals surface area contributed by atoms with Crippen LogP contribution in [-0.4, -0.2) is 49.5 Å². The summed E-state index contributed by atoms with van der Waals surface area (Å²) in [7, 11) is 0. The van der Waals surface area contributed by atoms with Crippen LogP contribution in [0.4, 0.5) is 0 Å². The summed E-state index contributed by atoms with van der Waals surface area (Å²) < 4.78 is 10.4. The van der Waals surface area contributed by atoms with E-state index in [4.69, 9.17) is 20.1 Å². The molecular weight excluding hydrogens is 270 g/mol. The molecule has 2 aromatic rings. The maximum Gasteiger partial charge on any atom is 0.320 e. The summed E-state index contributed by atoms with van der Waals surface area (Å²) in [4.78, 5) is 14.8. The highest BCUT2D eigenvalue weighted by Gasteiger charge is 2.25. The molecule has 0 saturated carbocycles. The van der Waals surface area contributed by atoms with Gasteiger partial charge in [0.25, 0.3) is 5.88 Å². The third-order valence-electron chi connectivity index (χ3n) is 2.40. The SMILES string of the molecule is CCOc1noc(-c2ncn[nH]2)c1CC(N)C(=O)O.O. The summed E-state index contributed by atoms with van der Waals surface area (Å²) in [6.45, 7) is 2.15. The first-order chi connectivity index (χ1) is 9.13. The minimum absolute atomic E-state index is 0. The Morgan fingerprint density at radius 3 is 2.95 bits per heavy atom. The zero-order chi connectivity index (χ0) is 13.8. The van der Waals surface area contributed by atoms with Crippen molar-refractivity contribution >= 4 is 5.97 Å². The number of carbonyl (C=O) groups is 1. The van der Waals surface area contributed by atoms with Gasteiger partial charge < -0.3 is 25.6 Å². The van der Waals surface area contributed by atoms with Gasteiger partial charge in [0.2, 0.25) is 5.76 Å². The molecule has 0 spiro atoms. The lowest BCUT2D eigenvalue weighted by Gasteiger charge is -2.06. The number of hydrogen-bond donors (Lipinski definition) is 3. The van der Waals surface area contributed by atoms with E-state index in [1.807, 2.05) is 0 Å². The number of aromatic nitrogens is 4. The molecular formula is C10H15N5O5. The molecule has 0 amide bonds. The largest absolute Gasteiger partial charge is 0.480 e. The number of carboxylic acids is 1. The highest BCUT2D eigenvalue weighted by atomic mass is 16.5. The van der Waals surface area contributed by atoms with Crippen LogP contribution >= 0.6 is 0 Å². The molecule has 2 heterocycles. The summed E-state index contributed by atoms with van der Waals surface area (Å²) in [5.41, 5.74) is 5.98. The second kappa shape index (κ2) is 6.63. The van der Waals surface area contributed by atoms with Crippen molar-refractivity contribution in [2.45, 2.75) is 19.4 Å². The van der Waals surface area contributed by atoms with Gasteiger partial charge in [-0.2, -0.15) is 5.10 Å². The predicted octanol–water partition coefficient (Wildman–Crippen LogP) is -1.01. The Hall–Kier alpha value is -2.46. The molecule has 0 aliphatic carbocycles. The first-order valence-corrected chi connectivity index (χ1v) is 5.59. The smallest absolute Gasteiger partial charge is 0.320 e. The van der Waals surface area contributed by atoms with Crippen molar-refractivity contribution in [2.24, 2.45) is 5.73 Å². The number of nitrogens with one attached hydrogen (secondary N) is 1. The van der Waals surface area contributed by atoms with Crippen LogP contribution in [0.2, 0.25) is 0 Å². The predicted molar refractivity (Wildman–Crippen MR) is 66.0 cm³/mol. The molecule has 10 nitrogen and oxygen atoms in total. The normalized spacial score (nSPS) is 11.7. The van der Waals surface area contributed by atoms with Gasteiger partial charge in [0.15, 0.2) is 5.82 Å². The van der Waals surface area contributed by atoms with Gasteiger partial charge >= 0.3 is 5.97 Å². The lowest BCUT2D eigenvalue weighted by atomic mass is 10.1. The Morgan fingerprint density at radius 1 is 1.65 bits per heavy atom. The van der Waals surface area contributed by atoms with E-state index in [1.165, 1.54) is 6.33 Å². The molecule has 0 radical (unpaired) electrons. The zero-order valence-corrected chi connectivity index (χ0v) is 10.7. The van der Waals surface area contributed by atoms with Gasteiger partial charge in [0.05, 0.1) is 12.2 Å². The Balaban J connectivity index is 0.00000200. The van der Waals surface area contributed by atoms with Crippen LogP contribution in [0.3, 0.4) is 0 Å². The van der Waals surface area contributed by atoms with Crippen LogP contribution in [-0.2, 0) is 11.2 Å². The molecule has 6 N–H and O–H groups in total. The molecule has 0 aromatic carbocycles. The molecule has 2 aromatic heterocycles. The van der Waals surface area contributed by atoms with Gasteiger partial charge in [-0.3, -0.25) is 9.89 Å². The number of rotatable bonds is 6. The number of aliphatic carboxylic acids is 1. The number of hydrogen-bond acceptors (Lipinski definition) is 7. The number of nitrogens with zero attached hydrogens (tertiary/aromatic N) is 3. The third-order valence-corrected chi connectivity index (χ3v) is 2.40. The van der Waals surface area contributed by atoms with Crippen LogP contribution in [0.5, 0.6) is 5.88 Å². The van der Waals surface area contributed by atoms with Gasteiger partial charge in [-0.25, -0.2) is 4.98 Å². The van der Waals surface area contributed by atoms with E-state index in [2.05, 4.69) is 20.3 Å². The maximum atomic E-state index is 10.8. The van der Waals surface area contributed by atoms with Crippen molar-refractivity contribution in [3.8, 4) is 17.5 Å². The van der Waals surface area contributed by atoms with Gasteiger partial charge in [-0.1, -0.05) is 0 Å². The van der Waals surface area contributed by atoms with E-state index in [0.29, 0.717) is 18.0 Å². The van der Waals surface area contributed by atoms with Crippen LogP contribution in [0.1, 0.15) is 12.5 Å². The Bertz CT molecular complexity index is 552. The molecule has 0 aliphatic heterocycles. The van der Waals surface area contributed by atoms with Crippen molar-refractivity contribution in [1.82, 2.24) is 20.3 Å². The fourth-order valence-electron chi connectivity index (χ4n) is 1.53. The second-order valence-corrected chi connectivity index (χ2v) is 3.71. The number of H-pyrrole nitrogens is 1.